The van der Waals surface area contributed by atoms with Gasteiger partial charge in [-0.25, -0.2) is 9.97 Å². The molecule has 1 atom stereocenters. The van der Waals surface area contributed by atoms with Crippen LogP contribution < -0.4 is 20.7 Å². The van der Waals surface area contributed by atoms with Crippen LogP contribution in [0.2, 0.25) is 0 Å². The molecule has 1 aliphatic heterocycles. The highest BCUT2D eigenvalue weighted by molar-refractivity contribution is 5.74. The van der Waals surface area contributed by atoms with Crippen LogP contribution in [0.3, 0.4) is 0 Å². The molecule has 1 saturated heterocycles. The van der Waals surface area contributed by atoms with Crippen molar-refractivity contribution in [1.29, 1.82) is 0 Å². The lowest BCUT2D eigenvalue weighted by Crippen LogP contribution is -2.40. The second kappa shape index (κ2) is 11.3. The molecular weight excluding hydrogens is 482 g/mol. The summed E-state index contributed by atoms with van der Waals surface area (Å²) in [5, 5.41) is 3.10. The van der Waals surface area contributed by atoms with Crippen LogP contribution in [-0.4, -0.2) is 48.5 Å². The molecule has 1 unspecified atom stereocenters. The zero-order valence-electron chi connectivity index (χ0n) is 19.6. The maximum atomic E-state index is 15.5. The quantitative estimate of drug-likeness (QED) is 0.513. The Hall–Kier alpha value is -3.15. The van der Waals surface area contributed by atoms with Gasteiger partial charge in [-0.1, -0.05) is 12.1 Å². The Labute approximate surface area is 206 Å². The highest BCUT2D eigenvalue weighted by Gasteiger charge is 2.32. The minimum atomic E-state index is -4.78. The zero-order chi connectivity index (χ0) is 25.7. The maximum Gasteiger partial charge on any atom is 0.573 e. The molecular formula is C24H29F4N5O3. The van der Waals surface area contributed by atoms with Crippen LogP contribution >= 0.6 is 0 Å². The summed E-state index contributed by atoms with van der Waals surface area (Å²) in [4.78, 5) is 21.1. The van der Waals surface area contributed by atoms with Crippen molar-refractivity contribution in [2.24, 2.45) is 17.6 Å². The fraction of sp³-hybridized carbons (Fsp3) is 0.542. The number of rotatable bonds is 8. The lowest BCUT2D eigenvalue weighted by molar-refractivity contribution is -0.274. The average molecular weight is 512 g/mol. The van der Waals surface area contributed by atoms with E-state index < -0.39 is 18.2 Å². The largest absolute Gasteiger partial charge is 0.573 e. The molecule has 2 fully saturated rings. The number of alkyl halides is 3. The topological polar surface area (TPSA) is 103 Å². The SMILES string of the molecule is NC(=O)CC1CCC(CNc2ncnc(N3CCOCC3c3ccc(OC(F)(F)F)cc3)c2F)CC1. The third-order valence-corrected chi connectivity index (χ3v) is 6.68. The zero-order valence-corrected chi connectivity index (χ0v) is 19.6. The standard InChI is InChI=1S/C24H29F4N5O3/c25-21-22(30-12-16-3-1-15(2-4-16)11-20(29)34)31-14-32-23(21)33-9-10-35-13-19(33)17-5-7-18(8-6-17)36-24(26,27)28/h5-8,14-16,19H,1-4,9-13H2,(H2,29,34)(H,30,31,32). The normalized spacial score (nSPS) is 22.8. The van der Waals surface area contributed by atoms with Gasteiger partial charge in [0.05, 0.1) is 19.3 Å². The van der Waals surface area contributed by atoms with Crippen LogP contribution in [0.4, 0.5) is 29.2 Å². The van der Waals surface area contributed by atoms with E-state index in [4.69, 9.17) is 10.5 Å². The summed E-state index contributed by atoms with van der Waals surface area (Å²) in [6.07, 6.45) is 0.580. The molecule has 2 heterocycles. The molecule has 4 rings (SSSR count). The van der Waals surface area contributed by atoms with E-state index in [9.17, 15) is 18.0 Å². The van der Waals surface area contributed by atoms with Crippen molar-refractivity contribution in [2.75, 3.05) is 36.5 Å². The molecule has 1 aromatic carbocycles. The second-order valence-corrected chi connectivity index (χ2v) is 9.20. The monoisotopic (exact) mass is 511 g/mol. The first-order chi connectivity index (χ1) is 17.2. The fourth-order valence-corrected chi connectivity index (χ4v) is 4.87. The van der Waals surface area contributed by atoms with Gasteiger partial charge in [0.1, 0.15) is 12.1 Å². The molecule has 36 heavy (non-hydrogen) atoms. The van der Waals surface area contributed by atoms with Crippen LogP contribution in [0.15, 0.2) is 30.6 Å². The summed E-state index contributed by atoms with van der Waals surface area (Å²) in [6.45, 7) is 1.47. The summed E-state index contributed by atoms with van der Waals surface area (Å²) < 4.78 is 62.4. The number of ether oxygens (including phenoxy) is 2. The Morgan fingerprint density at radius 2 is 1.83 bits per heavy atom. The molecule has 1 saturated carbocycles. The van der Waals surface area contributed by atoms with E-state index in [1.807, 2.05) is 0 Å². The van der Waals surface area contributed by atoms with Gasteiger partial charge in [-0.15, -0.1) is 13.2 Å². The van der Waals surface area contributed by atoms with E-state index >= 15 is 4.39 Å². The molecule has 196 valence electrons. The van der Waals surface area contributed by atoms with Crippen molar-refractivity contribution in [3.05, 3.63) is 42.0 Å². The van der Waals surface area contributed by atoms with Crippen LogP contribution in [0.1, 0.15) is 43.7 Å². The number of carbonyl (C=O) groups excluding carboxylic acids is 1. The number of halogens is 4. The number of hydrogen-bond acceptors (Lipinski definition) is 7. The number of nitrogens with two attached hydrogens (primary N) is 1. The summed E-state index contributed by atoms with van der Waals surface area (Å²) in [6, 6.07) is 4.99. The minimum Gasteiger partial charge on any atom is -0.406 e. The lowest BCUT2D eigenvalue weighted by atomic mass is 9.80. The molecule has 0 spiro atoms. The second-order valence-electron chi connectivity index (χ2n) is 9.20. The van der Waals surface area contributed by atoms with Crippen molar-refractivity contribution in [3.63, 3.8) is 0 Å². The number of morpholine rings is 1. The van der Waals surface area contributed by atoms with E-state index in [1.54, 1.807) is 4.90 Å². The lowest BCUT2D eigenvalue weighted by Gasteiger charge is -2.37. The van der Waals surface area contributed by atoms with Crippen molar-refractivity contribution >= 4 is 17.5 Å². The Kier molecular flexibility index (Phi) is 8.12. The number of carbonyl (C=O) groups is 1. The van der Waals surface area contributed by atoms with E-state index in [2.05, 4.69) is 20.0 Å². The third kappa shape index (κ3) is 6.74. The Morgan fingerprint density at radius 3 is 2.50 bits per heavy atom. The van der Waals surface area contributed by atoms with Crippen molar-refractivity contribution in [2.45, 2.75) is 44.5 Å². The van der Waals surface area contributed by atoms with Gasteiger partial charge >= 0.3 is 6.36 Å². The van der Waals surface area contributed by atoms with Gasteiger partial charge in [-0.2, -0.15) is 4.39 Å². The maximum absolute atomic E-state index is 15.5. The van der Waals surface area contributed by atoms with Gasteiger partial charge in [0, 0.05) is 19.5 Å². The molecule has 3 N–H and O–H groups in total. The van der Waals surface area contributed by atoms with Gasteiger partial charge in [0.2, 0.25) is 11.7 Å². The first kappa shape index (κ1) is 25.9. The van der Waals surface area contributed by atoms with Crippen LogP contribution in [0.25, 0.3) is 0 Å². The number of amides is 1. The smallest absolute Gasteiger partial charge is 0.406 e. The predicted molar refractivity (Wildman–Crippen MR) is 124 cm³/mol. The van der Waals surface area contributed by atoms with Crippen molar-refractivity contribution < 1.29 is 31.8 Å². The molecule has 12 heteroatoms. The summed E-state index contributed by atoms with van der Waals surface area (Å²) in [5.41, 5.74) is 5.94. The third-order valence-electron chi connectivity index (χ3n) is 6.68. The van der Waals surface area contributed by atoms with Crippen LogP contribution in [0, 0.1) is 17.7 Å². The average Bonchev–Trinajstić information content (AvgIpc) is 2.84. The van der Waals surface area contributed by atoms with Gasteiger partial charge in [0.25, 0.3) is 0 Å². The summed E-state index contributed by atoms with van der Waals surface area (Å²) in [7, 11) is 0. The van der Waals surface area contributed by atoms with Crippen LogP contribution in [-0.2, 0) is 9.53 Å². The molecule has 0 bridgehead atoms. The first-order valence-electron chi connectivity index (χ1n) is 11.9. The Bertz CT molecular complexity index is 1030. The van der Waals surface area contributed by atoms with Crippen LogP contribution in [0.5, 0.6) is 5.75 Å². The van der Waals surface area contributed by atoms with Gasteiger partial charge in [0.15, 0.2) is 11.6 Å². The number of aromatic nitrogens is 2. The summed E-state index contributed by atoms with van der Waals surface area (Å²) >= 11 is 0. The van der Waals surface area contributed by atoms with E-state index in [1.165, 1.54) is 30.6 Å². The number of primary amides is 1. The number of nitrogens with zero attached hydrogens (tertiary/aromatic N) is 3. The molecule has 8 nitrogen and oxygen atoms in total. The number of hydrogen-bond donors (Lipinski definition) is 2. The Morgan fingerprint density at radius 1 is 1.14 bits per heavy atom. The van der Waals surface area contributed by atoms with Gasteiger partial charge in [-0.05, 0) is 55.2 Å². The van der Waals surface area contributed by atoms with Crippen molar-refractivity contribution in [1.82, 2.24) is 9.97 Å². The number of benzene rings is 1. The summed E-state index contributed by atoms with van der Waals surface area (Å²) in [5.74, 6) is -0.366. The fourth-order valence-electron chi connectivity index (χ4n) is 4.87. The van der Waals surface area contributed by atoms with E-state index in [-0.39, 0.29) is 29.9 Å². The minimum absolute atomic E-state index is 0.0958. The molecule has 1 aliphatic carbocycles. The molecule has 2 aliphatic rings. The van der Waals surface area contributed by atoms with Gasteiger partial charge < -0.3 is 25.4 Å². The Balaban J connectivity index is 1.42. The van der Waals surface area contributed by atoms with Gasteiger partial charge in [-0.3, -0.25) is 4.79 Å². The van der Waals surface area contributed by atoms with E-state index in [0.29, 0.717) is 43.5 Å². The molecule has 2 aromatic rings. The highest BCUT2D eigenvalue weighted by atomic mass is 19.4. The molecule has 0 radical (unpaired) electrons. The first-order valence-corrected chi connectivity index (χ1v) is 11.9. The molecule has 1 aromatic heterocycles. The van der Waals surface area contributed by atoms with E-state index in [0.717, 1.165) is 25.7 Å². The molecule has 1 amide bonds. The number of nitrogens with one attached hydrogen (secondary N) is 1. The van der Waals surface area contributed by atoms with Crippen molar-refractivity contribution in [3.8, 4) is 5.75 Å². The number of anilines is 2. The highest BCUT2D eigenvalue weighted by Crippen LogP contribution is 2.34. The predicted octanol–water partition coefficient (Wildman–Crippen LogP) is 4.19.